The van der Waals surface area contributed by atoms with E-state index in [1.165, 1.54) is 35.6 Å². The number of rotatable bonds is 7. The van der Waals surface area contributed by atoms with Gasteiger partial charge in [-0.1, -0.05) is 30.3 Å². The number of benzene rings is 2. The number of hydrogen-bond acceptors (Lipinski definition) is 5. The molecule has 2 aromatic carbocycles. The van der Waals surface area contributed by atoms with Gasteiger partial charge in [0.05, 0.1) is 12.1 Å². The Morgan fingerprint density at radius 1 is 1.10 bits per heavy atom. The number of aliphatic carboxylic acids is 1. The van der Waals surface area contributed by atoms with Crippen LogP contribution in [0, 0.1) is 0 Å². The molecule has 1 atom stereocenters. The minimum Gasteiger partial charge on any atom is -0.479 e. The highest BCUT2D eigenvalue weighted by atomic mass is 32.1. The number of carbonyl (C=O) groups excluding carboxylic acids is 1. The maximum Gasteiger partial charge on any atom is 0.573 e. The molecule has 1 heterocycles. The third kappa shape index (κ3) is 5.80. The molecule has 10 heteroatoms. The Hall–Kier alpha value is -3.40. The number of thiazole rings is 1. The zero-order chi connectivity index (χ0) is 21.7. The number of nitrogens with zero attached hydrogens (tertiary/aromatic N) is 1. The van der Waals surface area contributed by atoms with E-state index in [1.54, 1.807) is 35.7 Å². The number of alkyl halides is 3. The fourth-order valence-corrected chi connectivity index (χ4v) is 3.46. The van der Waals surface area contributed by atoms with Crippen LogP contribution in [0.15, 0.2) is 60.0 Å². The van der Waals surface area contributed by atoms with Crippen molar-refractivity contribution in [1.29, 1.82) is 0 Å². The third-order valence-electron chi connectivity index (χ3n) is 3.91. The van der Waals surface area contributed by atoms with Crippen molar-refractivity contribution in [2.45, 2.75) is 18.8 Å². The quantitative estimate of drug-likeness (QED) is 0.580. The first-order valence-corrected chi connectivity index (χ1v) is 9.47. The van der Waals surface area contributed by atoms with E-state index in [1.807, 2.05) is 0 Å². The number of carboxylic acids is 1. The molecule has 0 aliphatic heterocycles. The molecule has 0 saturated heterocycles. The van der Waals surface area contributed by atoms with E-state index in [0.717, 1.165) is 0 Å². The van der Waals surface area contributed by atoms with E-state index < -0.39 is 24.3 Å². The molecule has 1 amide bonds. The summed E-state index contributed by atoms with van der Waals surface area (Å²) in [4.78, 5) is 28.1. The number of ether oxygens (including phenoxy) is 1. The molecule has 3 rings (SSSR count). The average Bonchev–Trinajstić information content (AvgIpc) is 3.14. The second-order valence-electron chi connectivity index (χ2n) is 6.14. The molecule has 0 spiro atoms. The monoisotopic (exact) mass is 436 g/mol. The predicted octanol–water partition coefficient (Wildman–Crippen LogP) is 4.19. The number of nitrogens with one attached hydrogen (secondary N) is 1. The van der Waals surface area contributed by atoms with Gasteiger partial charge < -0.3 is 15.2 Å². The lowest BCUT2D eigenvalue weighted by molar-refractivity contribution is -0.274. The molecule has 6 nitrogen and oxygen atoms in total. The number of carboxylic acid groups (broad SMARTS) is 1. The van der Waals surface area contributed by atoms with Crippen molar-refractivity contribution in [2.24, 2.45) is 0 Å². The first-order valence-electron chi connectivity index (χ1n) is 8.59. The largest absolute Gasteiger partial charge is 0.573 e. The fourth-order valence-electron chi connectivity index (χ4n) is 2.63. The van der Waals surface area contributed by atoms with Gasteiger partial charge >= 0.3 is 12.3 Å². The molecular weight excluding hydrogens is 421 g/mol. The first kappa shape index (κ1) is 21.3. The summed E-state index contributed by atoms with van der Waals surface area (Å²) in [6.07, 6.45) is -4.90. The van der Waals surface area contributed by atoms with Gasteiger partial charge in [0, 0.05) is 10.9 Å². The smallest absolute Gasteiger partial charge is 0.479 e. The molecule has 0 aliphatic carbocycles. The minimum absolute atomic E-state index is 0.137. The number of carbonyl (C=O) groups is 2. The highest BCUT2D eigenvalue weighted by Crippen LogP contribution is 2.28. The lowest BCUT2D eigenvalue weighted by atomic mass is 10.1. The second kappa shape index (κ2) is 8.95. The lowest BCUT2D eigenvalue weighted by Gasteiger charge is -2.14. The average molecular weight is 436 g/mol. The van der Waals surface area contributed by atoms with E-state index in [2.05, 4.69) is 15.0 Å². The van der Waals surface area contributed by atoms with Crippen molar-refractivity contribution < 1.29 is 32.6 Å². The first-order chi connectivity index (χ1) is 14.2. The van der Waals surface area contributed by atoms with Crippen LogP contribution in [0.1, 0.15) is 17.3 Å². The maximum atomic E-state index is 12.3. The van der Waals surface area contributed by atoms with Gasteiger partial charge in [-0.25, -0.2) is 9.78 Å². The second-order valence-corrected chi connectivity index (χ2v) is 7.00. The van der Waals surface area contributed by atoms with E-state index >= 15 is 0 Å². The van der Waals surface area contributed by atoms with Crippen molar-refractivity contribution >= 4 is 23.2 Å². The van der Waals surface area contributed by atoms with E-state index in [4.69, 9.17) is 0 Å². The Labute approximate surface area is 173 Å². The lowest BCUT2D eigenvalue weighted by Crippen LogP contribution is -2.34. The summed E-state index contributed by atoms with van der Waals surface area (Å²) in [6, 6.07) is 12.3. The predicted molar refractivity (Wildman–Crippen MR) is 103 cm³/mol. The highest BCUT2D eigenvalue weighted by molar-refractivity contribution is 7.13. The standard InChI is InChI=1S/C20H15F3N2O4S/c21-20(22,23)29-15-8-6-13(7-9-15)18-24-14(11-30-18)10-16(26)25-17(19(27)28)12-4-2-1-3-5-12/h1-9,11,17H,10H2,(H,25,26)(H,27,28). The maximum absolute atomic E-state index is 12.3. The van der Waals surface area contributed by atoms with Gasteiger partial charge in [-0.05, 0) is 29.8 Å². The van der Waals surface area contributed by atoms with Crippen LogP contribution in [0.2, 0.25) is 0 Å². The molecule has 0 saturated carbocycles. The van der Waals surface area contributed by atoms with Crippen LogP contribution in [0.3, 0.4) is 0 Å². The van der Waals surface area contributed by atoms with E-state index in [0.29, 0.717) is 21.8 Å². The molecule has 2 N–H and O–H groups in total. The topological polar surface area (TPSA) is 88.5 Å². The van der Waals surface area contributed by atoms with Gasteiger partial charge in [-0.3, -0.25) is 4.79 Å². The SMILES string of the molecule is O=C(Cc1csc(-c2ccc(OC(F)(F)F)cc2)n1)NC(C(=O)O)c1ccccc1. The number of hydrogen-bond donors (Lipinski definition) is 2. The Morgan fingerprint density at radius 2 is 1.77 bits per heavy atom. The summed E-state index contributed by atoms with van der Waals surface area (Å²) >= 11 is 1.21. The van der Waals surface area contributed by atoms with Crippen LogP contribution >= 0.6 is 11.3 Å². The van der Waals surface area contributed by atoms with Crippen molar-refractivity contribution in [3.05, 3.63) is 71.2 Å². The number of amides is 1. The van der Waals surface area contributed by atoms with Crippen molar-refractivity contribution in [1.82, 2.24) is 10.3 Å². The number of halogens is 3. The Morgan fingerprint density at radius 3 is 2.37 bits per heavy atom. The van der Waals surface area contributed by atoms with Crippen molar-refractivity contribution in [2.75, 3.05) is 0 Å². The van der Waals surface area contributed by atoms with Crippen molar-refractivity contribution in [3.8, 4) is 16.3 Å². The van der Waals surface area contributed by atoms with Gasteiger partial charge in [-0.2, -0.15) is 0 Å². The molecule has 1 unspecified atom stereocenters. The normalized spacial score (nSPS) is 12.2. The van der Waals surface area contributed by atoms with E-state index in [9.17, 15) is 27.9 Å². The minimum atomic E-state index is -4.77. The van der Waals surface area contributed by atoms with Crippen LogP contribution in [0.25, 0.3) is 10.6 Å². The molecule has 0 radical (unpaired) electrons. The van der Waals surface area contributed by atoms with Gasteiger partial charge in [-0.15, -0.1) is 24.5 Å². The number of aromatic nitrogens is 1. The summed E-state index contributed by atoms with van der Waals surface area (Å²) < 4.78 is 40.5. The molecule has 1 aromatic heterocycles. The van der Waals surface area contributed by atoms with Crippen molar-refractivity contribution in [3.63, 3.8) is 0 Å². The van der Waals surface area contributed by atoms with Gasteiger partial charge in [0.1, 0.15) is 10.8 Å². The fraction of sp³-hybridized carbons (Fsp3) is 0.150. The summed E-state index contributed by atoms with van der Waals surface area (Å²) in [5.41, 5.74) is 1.42. The highest BCUT2D eigenvalue weighted by Gasteiger charge is 2.31. The summed E-state index contributed by atoms with van der Waals surface area (Å²) in [5.74, 6) is -2.05. The zero-order valence-corrected chi connectivity index (χ0v) is 16.0. The molecule has 0 fully saturated rings. The molecule has 0 aliphatic rings. The van der Waals surface area contributed by atoms with Crippen LogP contribution in [-0.2, 0) is 16.0 Å². The van der Waals surface area contributed by atoms with Crippen LogP contribution in [-0.4, -0.2) is 28.3 Å². The zero-order valence-electron chi connectivity index (χ0n) is 15.2. The van der Waals surface area contributed by atoms with Crippen LogP contribution in [0.5, 0.6) is 5.75 Å². The van der Waals surface area contributed by atoms with Gasteiger partial charge in [0.2, 0.25) is 5.91 Å². The Balaban J connectivity index is 1.65. The molecule has 3 aromatic rings. The molecule has 156 valence electrons. The Kier molecular flexibility index (Phi) is 6.36. The summed E-state index contributed by atoms with van der Waals surface area (Å²) in [7, 11) is 0. The summed E-state index contributed by atoms with van der Waals surface area (Å²) in [5, 5.41) is 14.0. The summed E-state index contributed by atoms with van der Waals surface area (Å²) in [6.45, 7) is 0. The Bertz CT molecular complexity index is 1020. The van der Waals surface area contributed by atoms with Gasteiger partial charge in [0.25, 0.3) is 0 Å². The van der Waals surface area contributed by atoms with Gasteiger partial charge in [0.15, 0.2) is 6.04 Å². The van der Waals surface area contributed by atoms with Crippen LogP contribution < -0.4 is 10.1 Å². The van der Waals surface area contributed by atoms with E-state index in [-0.39, 0.29) is 12.2 Å². The molecule has 0 bridgehead atoms. The third-order valence-corrected chi connectivity index (χ3v) is 4.85. The molecule has 30 heavy (non-hydrogen) atoms. The molecular formula is C20H15F3N2O4S. The van der Waals surface area contributed by atoms with Crippen LogP contribution in [0.4, 0.5) is 13.2 Å².